The van der Waals surface area contributed by atoms with Crippen LogP contribution in [0.3, 0.4) is 0 Å². The average molecular weight is 1130 g/mol. The third-order valence-corrected chi connectivity index (χ3v) is 18.0. The van der Waals surface area contributed by atoms with E-state index in [1.165, 1.54) is 0 Å². The molecule has 0 N–H and O–H groups in total. The molecule has 13 aromatic carbocycles. The van der Waals surface area contributed by atoms with E-state index in [2.05, 4.69) is 286 Å². The summed E-state index contributed by atoms with van der Waals surface area (Å²) in [5.74, 6) is 1.36. The zero-order chi connectivity index (χ0) is 57.6. The van der Waals surface area contributed by atoms with Crippen molar-refractivity contribution in [1.82, 2.24) is 23.7 Å². The summed E-state index contributed by atoms with van der Waals surface area (Å²) in [7, 11) is 0. The van der Waals surface area contributed by atoms with Crippen LogP contribution in [0.4, 0.5) is 17.1 Å². The van der Waals surface area contributed by atoms with Crippen molar-refractivity contribution < 1.29 is 8.83 Å². The topological polar surface area (TPSA) is 70.1 Å². The Morgan fingerprint density at radius 2 is 0.659 bits per heavy atom. The highest BCUT2D eigenvalue weighted by atomic mass is 16.3. The molecule has 0 bridgehead atoms. The molecule has 0 aliphatic rings. The van der Waals surface area contributed by atoms with Crippen LogP contribution in [0.2, 0.25) is 0 Å². The highest BCUT2D eigenvalue weighted by Gasteiger charge is 2.24. The van der Waals surface area contributed by atoms with Gasteiger partial charge in [-0.3, -0.25) is 9.13 Å². The zero-order valence-corrected chi connectivity index (χ0v) is 47.2. The van der Waals surface area contributed by atoms with Gasteiger partial charge in [-0.2, -0.15) is 4.98 Å². The number of rotatable bonds is 8. The molecule has 0 aliphatic carbocycles. The second-order valence-corrected chi connectivity index (χ2v) is 22.9. The summed E-state index contributed by atoms with van der Waals surface area (Å²) >= 11 is 0. The van der Waals surface area contributed by atoms with Gasteiger partial charge >= 0.3 is 0 Å². The minimum absolute atomic E-state index is 0.578. The number of para-hydroxylation sites is 7. The van der Waals surface area contributed by atoms with Crippen LogP contribution in [0.25, 0.3) is 160 Å². The maximum absolute atomic E-state index is 6.28. The van der Waals surface area contributed by atoms with Crippen LogP contribution in [0, 0.1) is 0 Å². The van der Waals surface area contributed by atoms with E-state index in [9.17, 15) is 0 Å². The lowest BCUT2D eigenvalue weighted by molar-refractivity contribution is 0.668. The standard InChI is InChI=1S/C80H48N6O2/c1-3-17-53(18-4-1)83(54-19-5-2-6-20-54)55-36-40-72-64(47-55)59-23-7-12-26-69(59)84(72)56-35-37-68-67(48-56)79(85-70-27-13-8-21-57(70)62-43-49(31-38-73(62)85)51-33-41-77-65(45-51)60-24-10-15-29-75(60)87-77)82-80(81-68)86-71-28-14-9-22-58(71)63-44-50(32-39-74(63)86)52-34-42-78-66(46-52)61-25-11-16-30-76(61)88-78/h1-48H. The lowest BCUT2D eigenvalue weighted by Gasteiger charge is -2.25. The largest absolute Gasteiger partial charge is 0.456 e. The summed E-state index contributed by atoms with van der Waals surface area (Å²) in [5.41, 5.74) is 19.4. The van der Waals surface area contributed by atoms with Crippen molar-refractivity contribution in [2.24, 2.45) is 0 Å². The van der Waals surface area contributed by atoms with Crippen LogP contribution in [0.5, 0.6) is 0 Å². The minimum atomic E-state index is 0.578. The van der Waals surface area contributed by atoms with Crippen molar-refractivity contribution in [3.63, 3.8) is 0 Å². The van der Waals surface area contributed by atoms with E-state index in [0.29, 0.717) is 5.95 Å². The van der Waals surface area contributed by atoms with Crippen molar-refractivity contribution in [3.05, 3.63) is 291 Å². The van der Waals surface area contributed by atoms with Gasteiger partial charge in [-0.1, -0.05) is 152 Å². The summed E-state index contributed by atoms with van der Waals surface area (Å²) in [4.78, 5) is 13.8. The van der Waals surface area contributed by atoms with Crippen LogP contribution in [-0.2, 0) is 0 Å². The predicted molar refractivity (Wildman–Crippen MR) is 363 cm³/mol. The van der Waals surface area contributed by atoms with Crippen molar-refractivity contribution in [2.45, 2.75) is 0 Å². The molecule has 0 atom stereocenters. The quantitative estimate of drug-likeness (QED) is 0.152. The van der Waals surface area contributed by atoms with Gasteiger partial charge in [-0.25, -0.2) is 4.98 Å². The Kier molecular flexibility index (Phi) is 10.3. The maximum Gasteiger partial charge on any atom is 0.237 e. The molecule has 0 saturated carbocycles. The monoisotopic (exact) mass is 1120 g/mol. The van der Waals surface area contributed by atoms with E-state index in [1.54, 1.807) is 0 Å². The molecule has 6 heterocycles. The smallest absolute Gasteiger partial charge is 0.237 e. The van der Waals surface area contributed by atoms with Crippen LogP contribution in [-0.4, -0.2) is 23.7 Å². The molecule has 19 aromatic rings. The number of anilines is 3. The van der Waals surface area contributed by atoms with E-state index in [4.69, 9.17) is 18.8 Å². The van der Waals surface area contributed by atoms with E-state index in [0.717, 1.165) is 171 Å². The Bertz CT molecular complexity index is 6040. The SMILES string of the molecule is c1ccc(N(c2ccccc2)c2ccc3c(c2)c2ccccc2n3-c2ccc3nc(-n4c5ccccc5c5cc(-c6ccc7oc8ccccc8c7c6)ccc54)nc(-n4c5ccccc5c5cc(-c6ccc7oc8ccccc8c7c6)ccc54)c3c2)cc1. The van der Waals surface area contributed by atoms with Gasteiger partial charge in [0.05, 0.1) is 38.6 Å². The first-order valence-electron chi connectivity index (χ1n) is 29.8. The number of fused-ring (bicyclic) bond motifs is 16. The Morgan fingerprint density at radius 1 is 0.250 bits per heavy atom. The van der Waals surface area contributed by atoms with E-state index >= 15 is 0 Å². The van der Waals surface area contributed by atoms with Gasteiger partial charge in [0.15, 0.2) is 5.82 Å². The first kappa shape index (κ1) is 48.4. The molecule has 0 spiro atoms. The average Bonchev–Trinajstić information content (AvgIpc) is 2.01. The molecule has 0 fully saturated rings. The van der Waals surface area contributed by atoms with Gasteiger partial charge in [0.1, 0.15) is 22.3 Å². The van der Waals surface area contributed by atoms with Crippen molar-refractivity contribution >= 4 is 137 Å². The van der Waals surface area contributed by atoms with Crippen LogP contribution in [0.1, 0.15) is 0 Å². The number of benzene rings is 13. The third-order valence-electron chi connectivity index (χ3n) is 18.0. The lowest BCUT2D eigenvalue weighted by Crippen LogP contribution is -2.09. The highest BCUT2D eigenvalue weighted by molar-refractivity contribution is 6.15. The maximum atomic E-state index is 6.28. The normalized spacial score (nSPS) is 12.1. The van der Waals surface area contributed by atoms with E-state index in [-0.39, 0.29) is 0 Å². The number of nitrogens with zero attached hydrogens (tertiary/aromatic N) is 6. The van der Waals surface area contributed by atoms with Gasteiger partial charge in [0.2, 0.25) is 5.95 Å². The first-order valence-corrected chi connectivity index (χ1v) is 29.8. The fraction of sp³-hybridized carbons (Fsp3) is 0. The molecule has 88 heavy (non-hydrogen) atoms. The molecular formula is C80H48N6O2. The van der Waals surface area contributed by atoms with Crippen LogP contribution < -0.4 is 4.90 Å². The number of furan rings is 2. The first-order chi connectivity index (χ1) is 43.6. The lowest BCUT2D eigenvalue weighted by atomic mass is 10.0. The Labute approximate surface area is 502 Å². The molecule has 8 heteroatoms. The van der Waals surface area contributed by atoms with Gasteiger partial charge in [-0.05, 0) is 162 Å². The van der Waals surface area contributed by atoms with Crippen molar-refractivity contribution in [2.75, 3.05) is 4.90 Å². The van der Waals surface area contributed by atoms with Gasteiger partial charge in [-0.15, -0.1) is 0 Å². The van der Waals surface area contributed by atoms with Crippen LogP contribution >= 0.6 is 0 Å². The Balaban J connectivity index is 0.836. The second kappa shape index (κ2) is 18.7. The second-order valence-electron chi connectivity index (χ2n) is 22.9. The molecule has 0 radical (unpaired) electrons. The van der Waals surface area contributed by atoms with Gasteiger partial charge in [0.25, 0.3) is 0 Å². The van der Waals surface area contributed by atoms with Crippen molar-refractivity contribution in [3.8, 4) is 39.7 Å². The fourth-order valence-electron chi connectivity index (χ4n) is 14.0. The number of hydrogen-bond acceptors (Lipinski definition) is 5. The number of hydrogen-bond donors (Lipinski definition) is 0. The highest BCUT2D eigenvalue weighted by Crippen LogP contribution is 2.44. The van der Waals surface area contributed by atoms with Crippen LogP contribution in [0.15, 0.2) is 300 Å². The Morgan fingerprint density at radius 3 is 1.23 bits per heavy atom. The molecule has 0 amide bonds. The molecule has 8 nitrogen and oxygen atoms in total. The predicted octanol–water partition coefficient (Wildman–Crippen LogP) is 21.5. The molecule has 0 saturated heterocycles. The zero-order valence-electron chi connectivity index (χ0n) is 47.2. The fourth-order valence-corrected chi connectivity index (χ4v) is 14.0. The van der Waals surface area contributed by atoms with Gasteiger partial charge in [0, 0.05) is 82.0 Å². The van der Waals surface area contributed by atoms with E-state index in [1.807, 2.05) is 24.3 Å². The summed E-state index contributed by atoms with van der Waals surface area (Å²) in [5, 5.41) is 12.1. The summed E-state index contributed by atoms with van der Waals surface area (Å²) in [6.45, 7) is 0. The molecular weight excluding hydrogens is 1080 g/mol. The number of aromatic nitrogens is 5. The summed E-state index contributed by atoms with van der Waals surface area (Å²) in [6.07, 6.45) is 0. The Hall–Kier alpha value is -12.0. The molecule has 0 aliphatic heterocycles. The molecule has 19 rings (SSSR count). The molecule has 410 valence electrons. The van der Waals surface area contributed by atoms with E-state index < -0.39 is 0 Å². The van der Waals surface area contributed by atoms with Crippen molar-refractivity contribution in [1.29, 1.82) is 0 Å². The van der Waals surface area contributed by atoms with Gasteiger partial charge < -0.3 is 18.3 Å². The third kappa shape index (κ3) is 7.26. The summed E-state index contributed by atoms with van der Waals surface area (Å²) < 4.78 is 19.5. The summed E-state index contributed by atoms with van der Waals surface area (Å²) in [6, 6.07) is 104. The minimum Gasteiger partial charge on any atom is -0.456 e. The molecule has 6 aromatic heterocycles. The molecule has 0 unspecified atom stereocenters.